The summed E-state index contributed by atoms with van der Waals surface area (Å²) in [4.78, 5) is 32.6. The number of benzene rings is 2. The SMILES string of the molecule is CCCC1=C(C(=O)OCC)C(c2ccc3c(c2)OCO3)n2c(s/c(=C\c3ccc(-c4ccc(Cl)cc4Cl)o3)c2=O)=N1. The van der Waals surface area contributed by atoms with Crippen molar-refractivity contribution >= 4 is 46.6 Å². The summed E-state index contributed by atoms with van der Waals surface area (Å²) < 4.78 is 24.5. The predicted octanol–water partition coefficient (Wildman–Crippen LogP) is 5.87. The third-order valence-corrected chi connectivity index (χ3v) is 8.23. The Labute approximate surface area is 248 Å². The third-order valence-electron chi connectivity index (χ3n) is 6.70. The molecule has 0 fully saturated rings. The number of fused-ring (bicyclic) bond motifs is 2. The number of thiazole rings is 1. The monoisotopic (exact) mass is 610 g/mol. The zero-order chi connectivity index (χ0) is 28.7. The second-order valence-electron chi connectivity index (χ2n) is 9.35. The molecular weight excluding hydrogens is 587 g/mol. The van der Waals surface area contributed by atoms with E-state index in [2.05, 4.69) is 0 Å². The van der Waals surface area contributed by atoms with Crippen molar-refractivity contribution in [2.24, 2.45) is 4.99 Å². The highest BCUT2D eigenvalue weighted by molar-refractivity contribution is 7.07. The van der Waals surface area contributed by atoms with Crippen LogP contribution >= 0.6 is 34.5 Å². The zero-order valence-electron chi connectivity index (χ0n) is 22.1. The Morgan fingerprint density at radius 1 is 1.12 bits per heavy atom. The molecule has 0 radical (unpaired) electrons. The minimum Gasteiger partial charge on any atom is -0.463 e. The van der Waals surface area contributed by atoms with Gasteiger partial charge in [-0.3, -0.25) is 9.36 Å². The van der Waals surface area contributed by atoms with E-state index in [0.29, 0.717) is 71.2 Å². The minimum atomic E-state index is -0.761. The Bertz CT molecular complexity index is 1890. The average Bonchev–Trinajstić information content (AvgIpc) is 3.68. The largest absolute Gasteiger partial charge is 0.463 e. The van der Waals surface area contributed by atoms with Crippen molar-refractivity contribution in [1.29, 1.82) is 0 Å². The number of hydrogen-bond acceptors (Lipinski definition) is 8. The van der Waals surface area contributed by atoms with E-state index in [1.54, 1.807) is 60.0 Å². The van der Waals surface area contributed by atoms with Crippen LogP contribution in [0.15, 0.2) is 74.0 Å². The van der Waals surface area contributed by atoms with E-state index < -0.39 is 12.0 Å². The topological polar surface area (TPSA) is 92.3 Å². The first kappa shape index (κ1) is 27.4. The van der Waals surface area contributed by atoms with Crippen molar-refractivity contribution < 1.29 is 23.4 Å². The molecule has 2 aromatic heterocycles. The number of esters is 1. The van der Waals surface area contributed by atoms with E-state index >= 15 is 0 Å². The number of allylic oxidation sites excluding steroid dienone is 1. The molecule has 1 unspecified atom stereocenters. The lowest BCUT2D eigenvalue weighted by Gasteiger charge is -2.25. The van der Waals surface area contributed by atoms with Crippen LogP contribution in [0.1, 0.15) is 44.1 Å². The Balaban J connectivity index is 1.50. The molecule has 0 amide bonds. The van der Waals surface area contributed by atoms with Crippen LogP contribution < -0.4 is 24.4 Å². The number of rotatable bonds is 7. The minimum absolute atomic E-state index is 0.107. The molecule has 0 saturated carbocycles. The lowest BCUT2D eigenvalue weighted by molar-refractivity contribution is -0.139. The highest BCUT2D eigenvalue weighted by atomic mass is 35.5. The molecular formula is C30H24Cl2N2O6S. The second kappa shape index (κ2) is 11.2. The number of furan rings is 1. The van der Waals surface area contributed by atoms with Gasteiger partial charge in [-0.05, 0) is 61.4 Å². The summed E-state index contributed by atoms with van der Waals surface area (Å²) in [5, 5.41) is 0.977. The molecule has 0 saturated heterocycles. The van der Waals surface area contributed by atoms with Gasteiger partial charge in [0, 0.05) is 16.7 Å². The van der Waals surface area contributed by atoms with Gasteiger partial charge in [-0.2, -0.15) is 0 Å². The molecule has 2 aromatic carbocycles. The van der Waals surface area contributed by atoms with Gasteiger partial charge in [-0.1, -0.05) is 53.9 Å². The van der Waals surface area contributed by atoms with Gasteiger partial charge in [0.25, 0.3) is 5.56 Å². The molecule has 4 heterocycles. The van der Waals surface area contributed by atoms with Crippen LogP contribution in [-0.4, -0.2) is 23.9 Å². The van der Waals surface area contributed by atoms with Crippen molar-refractivity contribution in [2.75, 3.05) is 13.4 Å². The lowest BCUT2D eigenvalue weighted by Crippen LogP contribution is -2.40. The van der Waals surface area contributed by atoms with Crippen LogP contribution in [0.5, 0.6) is 11.5 Å². The summed E-state index contributed by atoms with van der Waals surface area (Å²) in [6.07, 6.45) is 2.97. The number of hydrogen-bond donors (Lipinski definition) is 0. The predicted molar refractivity (Wildman–Crippen MR) is 156 cm³/mol. The molecule has 11 heteroatoms. The molecule has 4 aromatic rings. The van der Waals surface area contributed by atoms with E-state index in [9.17, 15) is 9.59 Å². The maximum Gasteiger partial charge on any atom is 0.338 e. The van der Waals surface area contributed by atoms with E-state index in [1.807, 2.05) is 13.0 Å². The summed E-state index contributed by atoms with van der Waals surface area (Å²) in [6.45, 7) is 4.06. The Morgan fingerprint density at radius 3 is 2.73 bits per heavy atom. The molecule has 41 heavy (non-hydrogen) atoms. The van der Waals surface area contributed by atoms with Crippen LogP contribution in [0.2, 0.25) is 10.0 Å². The standard InChI is InChI=1S/C30H24Cl2N2O6S/c1-3-5-21-26(29(36)37-4-2)27(16-6-10-23-24(12-16)39-15-38-23)34-28(35)25(41-30(34)33-21)14-18-8-11-22(40-18)19-9-7-17(31)13-20(19)32/h6-14,27H,3-5,15H2,1-2H3/b25-14-. The molecule has 2 aliphatic heterocycles. The van der Waals surface area contributed by atoms with Crippen molar-refractivity contribution in [3.63, 3.8) is 0 Å². The van der Waals surface area contributed by atoms with Crippen molar-refractivity contribution in [3.05, 3.63) is 101 Å². The quantitative estimate of drug-likeness (QED) is 0.243. The molecule has 210 valence electrons. The molecule has 2 aliphatic rings. The highest BCUT2D eigenvalue weighted by Gasteiger charge is 2.35. The number of nitrogens with zero attached hydrogens (tertiary/aromatic N) is 2. The third kappa shape index (κ3) is 5.09. The van der Waals surface area contributed by atoms with Gasteiger partial charge >= 0.3 is 5.97 Å². The van der Waals surface area contributed by atoms with Gasteiger partial charge in [-0.15, -0.1) is 0 Å². The van der Waals surface area contributed by atoms with Crippen molar-refractivity contribution in [3.8, 4) is 22.8 Å². The Morgan fingerprint density at radius 2 is 1.95 bits per heavy atom. The maximum atomic E-state index is 14.0. The molecule has 0 bridgehead atoms. The van der Waals surface area contributed by atoms with Crippen LogP contribution in [0.4, 0.5) is 0 Å². The molecule has 8 nitrogen and oxygen atoms in total. The van der Waals surface area contributed by atoms with Gasteiger partial charge in [-0.25, -0.2) is 9.79 Å². The summed E-state index contributed by atoms with van der Waals surface area (Å²) >= 11 is 13.6. The van der Waals surface area contributed by atoms with Crippen LogP contribution in [0.3, 0.4) is 0 Å². The Hall–Kier alpha value is -3.79. The average molecular weight is 612 g/mol. The molecule has 1 atom stereocenters. The van der Waals surface area contributed by atoms with E-state index in [-0.39, 0.29) is 19.0 Å². The maximum absolute atomic E-state index is 14.0. The molecule has 0 N–H and O–H groups in total. The van der Waals surface area contributed by atoms with Crippen molar-refractivity contribution in [2.45, 2.75) is 32.7 Å². The number of aromatic nitrogens is 1. The normalized spacial score (nSPS) is 16.1. The highest BCUT2D eigenvalue weighted by Crippen LogP contribution is 2.39. The smallest absolute Gasteiger partial charge is 0.338 e. The van der Waals surface area contributed by atoms with Gasteiger partial charge in [0.1, 0.15) is 11.5 Å². The lowest BCUT2D eigenvalue weighted by atomic mass is 9.94. The fourth-order valence-corrected chi connectivity index (χ4v) is 6.41. The zero-order valence-corrected chi connectivity index (χ0v) is 24.4. The number of carbonyl (C=O) groups is 1. The van der Waals surface area contributed by atoms with E-state index in [4.69, 9.17) is 46.8 Å². The Kier molecular flexibility index (Phi) is 7.50. The second-order valence-corrected chi connectivity index (χ2v) is 11.2. The van der Waals surface area contributed by atoms with Crippen LogP contribution in [0.25, 0.3) is 17.4 Å². The first-order valence-corrected chi connectivity index (χ1v) is 14.6. The van der Waals surface area contributed by atoms with Crippen LogP contribution in [0, 0.1) is 0 Å². The summed E-state index contributed by atoms with van der Waals surface area (Å²) in [5.74, 6) is 1.65. The molecule has 6 rings (SSSR count). The first-order chi connectivity index (χ1) is 19.9. The van der Waals surface area contributed by atoms with Gasteiger partial charge < -0.3 is 18.6 Å². The van der Waals surface area contributed by atoms with Gasteiger partial charge in [0.2, 0.25) is 6.79 Å². The first-order valence-electron chi connectivity index (χ1n) is 13.0. The summed E-state index contributed by atoms with van der Waals surface area (Å²) in [7, 11) is 0. The number of halogens is 2. The fourth-order valence-electron chi connectivity index (χ4n) is 4.91. The molecule has 0 spiro atoms. The van der Waals surface area contributed by atoms with E-state index in [1.165, 1.54) is 11.3 Å². The summed E-state index contributed by atoms with van der Waals surface area (Å²) in [5.41, 5.74) is 1.99. The number of ether oxygens (including phenoxy) is 3. The van der Waals surface area contributed by atoms with Gasteiger partial charge in [0.05, 0.1) is 33.5 Å². The fraction of sp³-hybridized carbons (Fsp3) is 0.233. The van der Waals surface area contributed by atoms with Crippen molar-refractivity contribution in [1.82, 2.24) is 4.57 Å². The van der Waals surface area contributed by atoms with Crippen LogP contribution in [-0.2, 0) is 9.53 Å². The molecule has 0 aliphatic carbocycles. The summed E-state index contributed by atoms with van der Waals surface area (Å²) in [6, 6.07) is 13.3. The number of carbonyl (C=O) groups excluding carboxylic acids is 1. The van der Waals surface area contributed by atoms with E-state index in [0.717, 1.165) is 6.42 Å². The van der Waals surface area contributed by atoms with Gasteiger partial charge in [0.15, 0.2) is 16.3 Å².